The van der Waals surface area contributed by atoms with Crippen molar-refractivity contribution in [3.05, 3.63) is 35.9 Å². The molecule has 1 aromatic carbocycles. The van der Waals surface area contributed by atoms with Crippen molar-refractivity contribution in [2.24, 2.45) is 0 Å². The molecule has 0 radical (unpaired) electrons. The Morgan fingerprint density at radius 1 is 1.33 bits per heavy atom. The maximum Gasteiger partial charge on any atom is 0.326 e. The summed E-state index contributed by atoms with van der Waals surface area (Å²) in [6.07, 6.45) is 1.59. The number of hydrogen-bond acceptors (Lipinski definition) is 3. The van der Waals surface area contributed by atoms with Gasteiger partial charge >= 0.3 is 5.97 Å². The van der Waals surface area contributed by atoms with E-state index < -0.39 is 24.0 Å². The first-order valence-corrected chi connectivity index (χ1v) is 6.92. The lowest BCUT2D eigenvalue weighted by atomic mass is 10.0. The normalized spacial score (nSPS) is 18.9. The van der Waals surface area contributed by atoms with Crippen LogP contribution in [0.4, 0.5) is 0 Å². The van der Waals surface area contributed by atoms with Crippen molar-refractivity contribution in [2.75, 3.05) is 0 Å². The molecule has 1 fully saturated rings. The van der Waals surface area contributed by atoms with E-state index in [2.05, 4.69) is 10.6 Å². The van der Waals surface area contributed by atoms with Crippen LogP contribution in [-0.2, 0) is 20.8 Å². The Bertz CT molecular complexity index is 530. The second-order valence-electron chi connectivity index (χ2n) is 5.08. The van der Waals surface area contributed by atoms with Gasteiger partial charge in [-0.3, -0.25) is 9.59 Å². The van der Waals surface area contributed by atoms with Crippen LogP contribution in [0.3, 0.4) is 0 Å². The maximum atomic E-state index is 11.9. The minimum Gasteiger partial charge on any atom is -0.480 e. The summed E-state index contributed by atoms with van der Waals surface area (Å²) in [5.41, 5.74) is 1.02. The molecule has 6 nitrogen and oxygen atoms in total. The van der Waals surface area contributed by atoms with Gasteiger partial charge in [0.25, 0.3) is 0 Å². The van der Waals surface area contributed by atoms with E-state index in [-0.39, 0.29) is 5.91 Å². The van der Waals surface area contributed by atoms with Crippen LogP contribution in [-0.4, -0.2) is 35.0 Å². The van der Waals surface area contributed by atoms with Gasteiger partial charge in [0.05, 0.1) is 0 Å². The Labute approximate surface area is 122 Å². The van der Waals surface area contributed by atoms with Gasteiger partial charge in [-0.25, -0.2) is 4.79 Å². The number of nitrogens with one attached hydrogen (secondary N) is 2. The molecule has 1 aliphatic heterocycles. The Balaban J connectivity index is 1.88. The summed E-state index contributed by atoms with van der Waals surface area (Å²) in [4.78, 5) is 34.2. The third kappa shape index (κ3) is 4.30. The second kappa shape index (κ2) is 6.88. The zero-order chi connectivity index (χ0) is 15.2. The van der Waals surface area contributed by atoms with E-state index in [1.165, 1.54) is 0 Å². The van der Waals surface area contributed by atoms with Crippen LogP contribution in [0.1, 0.15) is 24.8 Å². The van der Waals surface area contributed by atoms with Crippen LogP contribution in [0.2, 0.25) is 0 Å². The first-order chi connectivity index (χ1) is 10.1. The highest BCUT2D eigenvalue weighted by atomic mass is 16.4. The largest absolute Gasteiger partial charge is 0.480 e. The number of carboxylic acids is 1. The summed E-state index contributed by atoms with van der Waals surface area (Å²) < 4.78 is 0. The Morgan fingerprint density at radius 2 is 2.05 bits per heavy atom. The van der Waals surface area contributed by atoms with E-state index in [4.69, 9.17) is 0 Å². The van der Waals surface area contributed by atoms with E-state index in [0.29, 0.717) is 25.7 Å². The van der Waals surface area contributed by atoms with Gasteiger partial charge in [-0.15, -0.1) is 0 Å². The van der Waals surface area contributed by atoms with Gasteiger partial charge in [0.1, 0.15) is 12.1 Å². The lowest BCUT2D eigenvalue weighted by molar-refractivity contribution is -0.142. The summed E-state index contributed by atoms with van der Waals surface area (Å²) in [5, 5.41) is 14.2. The van der Waals surface area contributed by atoms with E-state index in [1.54, 1.807) is 0 Å². The Kier molecular flexibility index (Phi) is 4.92. The molecule has 0 bridgehead atoms. The fourth-order valence-electron chi connectivity index (χ4n) is 2.30. The highest BCUT2D eigenvalue weighted by Crippen LogP contribution is 2.09. The quantitative estimate of drug-likeness (QED) is 0.709. The van der Waals surface area contributed by atoms with Crippen molar-refractivity contribution >= 4 is 17.8 Å². The Hall–Kier alpha value is -2.37. The lowest BCUT2D eigenvalue weighted by Crippen LogP contribution is -2.48. The molecule has 1 aliphatic rings. The molecule has 1 heterocycles. The average Bonchev–Trinajstić information content (AvgIpc) is 2.90. The predicted molar refractivity (Wildman–Crippen MR) is 75.5 cm³/mol. The number of carbonyl (C=O) groups excluding carboxylic acids is 2. The number of benzene rings is 1. The van der Waals surface area contributed by atoms with Crippen molar-refractivity contribution in [1.29, 1.82) is 0 Å². The molecule has 2 atom stereocenters. The number of amides is 2. The van der Waals surface area contributed by atoms with Crippen LogP contribution in [0.5, 0.6) is 0 Å². The van der Waals surface area contributed by atoms with E-state index in [9.17, 15) is 19.5 Å². The van der Waals surface area contributed by atoms with Crippen LogP contribution < -0.4 is 10.6 Å². The van der Waals surface area contributed by atoms with Crippen molar-refractivity contribution in [3.63, 3.8) is 0 Å². The molecule has 0 aromatic heterocycles. The summed E-state index contributed by atoms with van der Waals surface area (Å²) in [5.74, 6) is -1.67. The number of hydrogen-bond donors (Lipinski definition) is 3. The molecule has 1 aromatic rings. The first kappa shape index (κ1) is 15.0. The van der Waals surface area contributed by atoms with Crippen molar-refractivity contribution in [1.82, 2.24) is 10.6 Å². The minimum absolute atomic E-state index is 0.175. The summed E-state index contributed by atoms with van der Waals surface area (Å²) in [6.45, 7) is 0. The Morgan fingerprint density at radius 3 is 2.62 bits per heavy atom. The zero-order valence-electron chi connectivity index (χ0n) is 11.5. The van der Waals surface area contributed by atoms with Gasteiger partial charge in [0, 0.05) is 6.42 Å². The third-order valence-corrected chi connectivity index (χ3v) is 3.49. The van der Waals surface area contributed by atoms with Gasteiger partial charge in [-0.1, -0.05) is 30.3 Å². The van der Waals surface area contributed by atoms with Gasteiger partial charge in [0.2, 0.25) is 11.8 Å². The predicted octanol–water partition coefficient (Wildman–Crippen LogP) is 0.467. The minimum atomic E-state index is -1.07. The lowest BCUT2D eigenvalue weighted by Gasteiger charge is -2.17. The monoisotopic (exact) mass is 290 g/mol. The van der Waals surface area contributed by atoms with Gasteiger partial charge in [0.15, 0.2) is 0 Å². The second-order valence-corrected chi connectivity index (χ2v) is 5.08. The number of carbonyl (C=O) groups is 3. The molecule has 112 valence electrons. The molecular weight excluding hydrogens is 272 g/mol. The molecule has 6 heteroatoms. The summed E-state index contributed by atoms with van der Waals surface area (Å²) in [7, 11) is 0. The zero-order valence-corrected chi connectivity index (χ0v) is 11.5. The molecule has 2 amide bonds. The van der Waals surface area contributed by atoms with E-state index in [0.717, 1.165) is 5.56 Å². The van der Waals surface area contributed by atoms with Crippen molar-refractivity contribution in [3.8, 4) is 0 Å². The molecule has 21 heavy (non-hydrogen) atoms. The van der Waals surface area contributed by atoms with Crippen molar-refractivity contribution in [2.45, 2.75) is 37.8 Å². The summed E-state index contributed by atoms with van der Waals surface area (Å²) >= 11 is 0. The number of aliphatic carboxylic acids is 1. The molecule has 0 saturated carbocycles. The molecule has 2 rings (SSSR count). The van der Waals surface area contributed by atoms with Gasteiger partial charge < -0.3 is 15.7 Å². The number of rotatable bonds is 6. The molecule has 1 unspecified atom stereocenters. The fraction of sp³-hybridized carbons (Fsp3) is 0.400. The molecule has 1 saturated heterocycles. The average molecular weight is 290 g/mol. The number of carboxylic acid groups (broad SMARTS) is 1. The van der Waals surface area contributed by atoms with E-state index in [1.807, 2.05) is 30.3 Å². The van der Waals surface area contributed by atoms with Crippen molar-refractivity contribution < 1.29 is 19.5 Å². The molecule has 3 N–H and O–H groups in total. The SMILES string of the molecule is O=C1CCC(C(=O)N[C@@H](CCc2ccccc2)C(=O)O)N1. The van der Waals surface area contributed by atoms with Crippen LogP contribution in [0.25, 0.3) is 0 Å². The van der Waals surface area contributed by atoms with Gasteiger partial charge in [-0.05, 0) is 24.8 Å². The van der Waals surface area contributed by atoms with Crippen LogP contribution in [0, 0.1) is 0 Å². The van der Waals surface area contributed by atoms with Crippen LogP contribution >= 0.6 is 0 Å². The van der Waals surface area contributed by atoms with E-state index >= 15 is 0 Å². The first-order valence-electron chi connectivity index (χ1n) is 6.92. The maximum absolute atomic E-state index is 11.9. The van der Waals surface area contributed by atoms with Crippen LogP contribution in [0.15, 0.2) is 30.3 Å². The highest BCUT2D eigenvalue weighted by molar-refractivity contribution is 5.92. The molecule has 0 spiro atoms. The smallest absolute Gasteiger partial charge is 0.326 e. The fourth-order valence-corrected chi connectivity index (χ4v) is 2.30. The number of aryl methyl sites for hydroxylation is 1. The standard InChI is InChI=1S/C15H18N2O4/c18-13-9-8-11(16-13)14(19)17-12(15(20)21)7-6-10-4-2-1-3-5-10/h1-5,11-12H,6-9H2,(H,16,18)(H,17,19)(H,20,21)/t11?,12-/m0/s1. The summed E-state index contributed by atoms with van der Waals surface area (Å²) in [6, 6.07) is 7.93. The molecule has 0 aliphatic carbocycles. The molecular formula is C15H18N2O4. The highest BCUT2D eigenvalue weighted by Gasteiger charge is 2.30. The topological polar surface area (TPSA) is 95.5 Å². The third-order valence-electron chi connectivity index (χ3n) is 3.49. The van der Waals surface area contributed by atoms with Gasteiger partial charge in [-0.2, -0.15) is 0 Å².